The summed E-state index contributed by atoms with van der Waals surface area (Å²) in [7, 11) is 0. The SMILES string of the molecule is [CH-]=CC(=C)CCC=C(C)C.[Ru+]. The molecule has 0 spiro atoms. The molecule has 0 aliphatic carbocycles. The van der Waals surface area contributed by atoms with Crippen LogP contribution in [0.15, 0.2) is 29.9 Å². The average molecular weight is 236 g/mol. The molecule has 0 atom stereocenters. The molecule has 0 aromatic carbocycles. The molecule has 0 aliphatic rings. The Morgan fingerprint density at radius 3 is 2.36 bits per heavy atom. The van der Waals surface area contributed by atoms with Gasteiger partial charge in [0.15, 0.2) is 0 Å². The van der Waals surface area contributed by atoms with Gasteiger partial charge in [-0.15, -0.1) is 0 Å². The minimum atomic E-state index is 0. The van der Waals surface area contributed by atoms with Crippen LogP contribution in [-0.4, -0.2) is 0 Å². The zero-order chi connectivity index (χ0) is 7.98. The summed E-state index contributed by atoms with van der Waals surface area (Å²) in [6.45, 7) is 13.2. The first-order chi connectivity index (χ1) is 4.66. The molecule has 0 heterocycles. The predicted octanol–water partition coefficient (Wildman–Crippen LogP) is 3.28. The van der Waals surface area contributed by atoms with E-state index in [1.54, 1.807) is 6.08 Å². The Kier molecular flexibility index (Phi) is 9.70. The predicted molar refractivity (Wildman–Crippen MR) is 46.7 cm³/mol. The van der Waals surface area contributed by atoms with Gasteiger partial charge in [0.05, 0.1) is 0 Å². The van der Waals surface area contributed by atoms with Crippen molar-refractivity contribution in [1.29, 1.82) is 0 Å². The molecule has 0 aromatic rings. The van der Waals surface area contributed by atoms with Gasteiger partial charge < -0.3 is 0 Å². The molecule has 0 nitrogen and oxygen atoms in total. The topological polar surface area (TPSA) is 0 Å². The summed E-state index contributed by atoms with van der Waals surface area (Å²) >= 11 is 0. The molecule has 0 aromatic heterocycles. The summed E-state index contributed by atoms with van der Waals surface area (Å²) in [5.74, 6) is 0. The summed E-state index contributed by atoms with van der Waals surface area (Å²) in [5.41, 5.74) is 2.36. The Balaban J connectivity index is 0. The molecule has 0 bridgehead atoms. The van der Waals surface area contributed by atoms with Gasteiger partial charge in [-0.25, -0.2) is 11.6 Å². The maximum absolute atomic E-state index is 5.24. The molecule has 0 saturated carbocycles. The molecule has 0 N–H and O–H groups in total. The van der Waals surface area contributed by atoms with Crippen LogP contribution in [0.1, 0.15) is 26.7 Å². The van der Waals surface area contributed by atoms with Gasteiger partial charge in [0.2, 0.25) is 0 Å². The van der Waals surface area contributed by atoms with E-state index in [4.69, 9.17) is 6.58 Å². The van der Waals surface area contributed by atoms with Crippen molar-refractivity contribution in [3.05, 3.63) is 36.5 Å². The Morgan fingerprint density at radius 2 is 2.00 bits per heavy atom. The molecule has 1 heteroatoms. The van der Waals surface area contributed by atoms with Crippen LogP contribution < -0.4 is 0 Å². The van der Waals surface area contributed by atoms with E-state index in [1.165, 1.54) is 5.57 Å². The van der Waals surface area contributed by atoms with Crippen LogP contribution in [0.25, 0.3) is 0 Å². The minimum Gasteiger partial charge on any atom is -0.293 e. The van der Waals surface area contributed by atoms with Gasteiger partial charge in [-0.3, -0.25) is 6.58 Å². The first-order valence-electron chi connectivity index (χ1n) is 3.53. The Hall–Kier alpha value is -0.157. The quantitative estimate of drug-likeness (QED) is 0.304. The maximum atomic E-state index is 5.24. The molecule has 63 valence electrons. The van der Waals surface area contributed by atoms with Crippen molar-refractivity contribution >= 4 is 0 Å². The van der Waals surface area contributed by atoms with E-state index in [0.717, 1.165) is 18.4 Å². The summed E-state index contributed by atoms with van der Waals surface area (Å²) in [4.78, 5) is 0. The third kappa shape index (κ3) is 9.84. The van der Waals surface area contributed by atoms with Gasteiger partial charge >= 0.3 is 19.5 Å². The van der Waals surface area contributed by atoms with E-state index in [-0.39, 0.29) is 19.5 Å². The summed E-state index contributed by atoms with van der Waals surface area (Å²) < 4.78 is 0. The zero-order valence-electron chi connectivity index (χ0n) is 7.21. The van der Waals surface area contributed by atoms with Crippen LogP contribution in [0.5, 0.6) is 0 Å². The van der Waals surface area contributed by atoms with Crippen molar-refractivity contribution in [1.82, 2.24) is 0 Å². The first kappa shape index (κ1) is 13.4. The molecule has 0 saturated heterocycles. The van der Waals surface area contributed by atoms with Crippen molar-refractivity contribution in [3.63, 3.8) is 0 Å². The molecule has 1 radical (unpaired) electrons. The van der Waals surface area contributed by atoms with Crippen molar-refractivity contribution < 1.29 is 19.5 Å². The number of hydrogen-bond acceptors (Lipinski definition) is 0. The normalized spacial score (nSPS) is 7.82. The van der Waals surface area contributed by atoms with E-state index in [2.05, 4.69) is 26.5 Å². The van der Waals surface area contributed by atoms with Crippen LogP contribution >= 0.6 is 0 Å². The van der Waals surface area contributed by atoms with Crippen LogP contribution in [-0.2, 0) is 19.5 Å². The van der Waals surface area contributed by atoms with E-state index >= 15 is 0 Å². The fraction of sp³-hybridized carbons (Fsp3) is 0.400. The Morgan fingerprint density at radius 1 is 1.45 bits per heavy atom. The molecule has 0 amide bonds. The molecule has 0 aliphatic heterocycles. The zero-order valence-corrected chi connectivity index (χ0v) is 8.95. The Labute approximate surface area is 82.8 Å². The van der Waals surface area contributed by atoms with Crippen LogP contribution in [0.4, 0.5) is 0 Å². The first-order valence-corrected chi connectivity index (χ1v) is 3.53. The van der Waals surface area contributed by atoms with Crippen LogP contribution in [0.3, 0.4) is 0 Å². The summed E-state index contributed by atoms with van der Waals surface area (Å²) in [6, 6.07) is 0. The van der Waals surface area contributed by atoms with Crippen molar-refractivity contribution in [2.45, 2.75) is 26.7 Å². The third-order valence-corrected chi connectivity index (χ3v) is 1.25. The molecule has 0 fully saturated rings. The molecular formula is C10H15Ru. The molecular weight excluding hydrogens is 221 g/mol. The average Bonchev–Trinajstić information content (AvgIpc) is 1.87. The van der Waals surface area contributed by atoms with E-state index in [1.807, 2.05) is 0 Å². The van der Waals surface area contributed by atoms with Crippen molar-refractivity contribution in [3.8, 4) is 0 Å². The van der Waals surface area contributed by atoms with Crippen LogP contribution in [0, 0.1) is 6.58 Å². The van der Waals surface area contributed by atoms with Crippen molar-refractivity contribution in [2.75, 3.05) is 0 Å². The van der Waals surface area contributed by atoms with Gasteiger partial charge in [0.25, 0.3) is 0 Å². The second-order valence-electron chi connectivity index (χ2n) is 2.65. The second-order valence-corrected chi connectivity index (χ2v) is 2.65. The monoisotopic (exact) mass is 237 g/mol. The number of hydrogen-bond donors (Lipinski definition) is 0. The number of allylic oxidation sites excluding steroid dienone is 4. The van der Waals surface area contributed by atoms with E-state index in [0.29, 0.717) is 0 Å². The van der Waals surface area contributed by atoms with Gasteiger partial charge in [-0.1, -0.05) is 18.1 Å². The fourth-order valence-electron chi connectivity index (χ4n) is 0.630. The van der Waals surface area contributed by atoms with Gasteiger partial charge in [-0.2, -0.15) is 6.58 Å². The minimum absolute atomic E-state index is 0. The molecule has 11 heavy (non-hydrogen) atoms. The largest absolute Gasteiger partial charge is 1.00 e. The van der Waals surface area contributed by atoms with Gasteiger partial charge in [-0.05, 0) is 20.3 Å². The maximum Gasteiger partial charge on any atom is 1.00 e. The third-order valence-electron chi connectivity index (χ3n) is 1.25. The fourth-order valence-corrected chi connectivity index (χ4v) is 0.630. The van der Waals surface area contributed by atoms with Crippen molar-refractivity contribution in [2.24, 2.45) is 0 Å². The molecule has 0 unspecified atom stereocenters. The number of rotatable bonds is 4. The standard InChI is InChI=1S/C10H15.Ru/c1-5-10(4)8-6-7-9(2)3;/h1,5,7H,4,6,8H2,2-3H3;/q-1;+1. The summed E-state index contributed by atoms with van der Waals surface area (Å²) in [5, 5.41) is 0. The summed E-state index contributed by atoms with van der Waals surface area (Å²) in [6.07, 6.45) is 5.78. The molecule has 0 rings (SSSR count). The smallest absolute Gasteiger partial charge is 0.293 e. The van der Waals surface area contributed by atoms with E-state index < -0.39 is 0 Å². The van der Waals surface area contributed by atoms with Gasteiger partial charge in [0, 0.05) is 0 Å². The van der Waals surface area contributed by atoms with E-state index in [9.17, 15) is 0 Å². The van der Waals surface area contributed by atoms with Gasteiger partial charge in [0.1, 0.15) is 0 Å². The second kappa shape index (κ2) is 7.94. The Bertz CT molecular complexity index is 150. The van der Waals surface area contributed by atoms with Crippen LogP contribution in [0.2, 0.25) is 0 Å².